The van der Waals surface area contributed by atoms with Crippen molar-refractivity contribution in [1.82, 2.24) is 0 Å². The van der Waals surface area contributed by atoms with Crippen LogP contribution >= 0.6 is 27.3 Å². The van der Waals surface area contributed by atoms with Crippen molar-refractivity contribution in [2.45, 2.75) is 4.83 Å². The Morgan fingerprint density at radius 1 is 1.20 bits per heavy atom. The van der Waals surface area contributed by atoms with Gasteiger partial charge in [-0.15, -0.1) is 11.3 Å². The van der Waals surface area contributed by atoms with E-state index in [0.29, 0.717) is 0 Å². The number of rotatable bonds is 3. The Labute approximate surface area is 102 Å². The summed E-state index contributed by atoms with van der Waals surface area (Å²) in [5, 5.41) is 2.05. The molecule has 0 radical (unpaired) electrons. The van der Waals surface area contributed by atoms with Gasteiger partial charge in [-0.1, -0.05) is 46.3 Å². The van der Waals surface area contributed by atoms with E-state index in [9.17, 15) is 0 Å². The summed E-state index contributed by atoms with van der Waals surface area (Å²) in [6.07, 6.45) is 0. The average Bonchev–Trinajstić information content (AvgIpc) is 2.77. The average molecular weight is 283 g/mol. The van der Waals surface area contributed by atoms with E-state index in [4.69, 9.17) is 4.74 Å². The van der Waals surface area contributed by atoms with E-state index < -0.39 is 0 Å². The summed E-state index contributed by atoms with van der Waals surface area (Å²) >= 11 is 5.40. The van der Waals surface area contributed by atoms with Gasteiger partial charge in [-0.05, 0) is 17.0 Å². The molecule has 0 N–H and O–H groups in total. The second-order valence-corrected chi connectivity index (χ2v) is 4.99. The topological polar surface area (TPSA) is 9.23 Å². The van der Waals surface area contributed by atoms with Crippen LogP contribution < -0.4 is 4.74 Å². The summed E-state index contributed by atoms with van der Waals surface area (Å²) in [6.45, 7) is 0. The van der Waals surface area contributed by atoms with Gasteiger partial charge < -0.3 is 4.74 Å². The zero-order valence-corrected chi connectivity index (χ0v) is 10.7. The van der Waals surface area contributed by atoms with Crippen LogP contribution in [0.15, 0.2) is 41.8 Å². The maximum absolute atomic E-state index is 5.31. The quantitative estimate of drug-likeness (QED) is 0.765. The molecule has 0 amide bonds. The van der Waals surface area contributed by atoms with Crippen LogP contribution in [-0.4, -0.2) is 7.11 Å². The number of alkyl halides is 1. The molecular weight excluding hydrogens is 272 g/mol. The van der Waals surface area contributed by atoms with Crippen molar-refractivity contribution in [2.24, 2.45) is 0 Å². The summed E-state index contributed by atoms with van der Waals surface area (Å²) in [6, 6.07) is 12.3. The zero-order valence-electron chi connectivity index (χ0n) is 8.31. The fourth-order valence-corrected chi connectivity index (χ4v) is 3.15. The number of hydrogen-bond donors (Lipinski definition) is 0. The van der Waals surface area contributed by atoms with E-state index in [1.54, 1.807) is 18.4 Å². The molecule has 0 spiro atoms. The first-order valence-electron chi connectivity index (χ1n) is 4.63. The first kappa shape index (κ1) is 10.7. The first-order valence-corrected chi connectivity index (χ1v) is 6.43. The van der Waals surface area contributed by atoms with Crippen LogP contribution in [0.3, 0.4) is 0 Å². The highest BCUT2D eigenvalue weighted by Crippen LogP contribution is 2.39. The lowest BCUT2D eigenvalue weighted by molar-refractivity contribution is 0.413. The van der Waals surface area contributed by atoms with Gasteiger partial charge in [0.25, 0.3) is 0 Å². The highest BCUT2D eigenvalue weighted by molar-refractivity contribution is 9.09. The van der Waals surface area contributed by atoms with Crippen molar-refractivity contribution >= 4 is 27.3 Å². The van der Waals surface area contributed by atoms with E-state index in [-0.39, 0.29) is 4.83 Å². The summed E-state index contributed by atoms with van der Waals surface area (Å²) in [5.41, 5.74) is 1.25. The number of benzene rings is 1. The van der Waals surface area contributed by atoms with Gasteiger partial charge >= 0.3 is 0 Å². The summed E-state index contributed by atoms with van der Waals surface area (Å²) in [4.78, 5) is 1.43. The van der Waals surface area contributed by atoms with Gasteiger partial charge in [0.15, 0.2) is 0 Å². The smallest absolute Gasteiger partial charge is 0.134 e. The molecule has 2 aromatic rings. The maximum Gasteiger partial charge on any atom is 0.134 e. The monoisotopic (exact) mass is 282 g/mol. The van der Waals surface area contributed by atoms with Crippen molar-refractivity contribution < 1.29 is 4.74 Å². The SMILES string of the molecule is COc1ccsc1C(Br)c1ccccc1. The molecule has 1 heterocycles. The normalized spacial score (nSPS) is 12.4. The molecule has 0 bridgehead atoms. The lowest BCUT2D eigenvalue weighted by atomic mass is 10.1. The Hall–Kier alpha value is -0.800. The molecule has 1 nitrogen and oxygen atoms in total. The lowest BCUT2D eigenvalue weighted by Gasteiger charge is -2.10. The van der Waals surface area contributed by atoms with Gasteiger partial charge in [-0.25, -0.2) is 0 Å². The van der Waals surface area contributed by atoms with Crippen molar-refractivity contribution in [3.8, 4) is 5.75 Å². The number of halogens is 1. The molecule has 0 saturated carbocycles. The highest BCUT2D eigenvalue weighted by atomic mass is 79.9. The Bertz CT molecular complexity index is 424. The Kier molecular flexibility index (Phi) is 3.44. The Morgan fingerprint density at radius 2 is 1.93 bits per heavy atom. The molecule has 1 unspecified atom stereocenters. The molecule has 1 aromatic heterocycles. The van der Waals surface area contributed by atoms with Crippen LogP contribution in [0.2, 0.25) is 0 Å². The second-order valence-electron chi connectivity index (χ2n) is 3.13. The van der Waals surface area contributed by atoms with Crippen molar-refractivity contribution in [2.75, 3.05) is 7.11 Å². The van der Waals surface area contributed by atoms with Gasteiger partial charge in [-0.2, -0.15) is 0 Å². The van der Waals surface area contributed by atoms with Crippen molar-refractivity contribution in [3.63, 3.8) is 0 Å². The van der Waals surface area contributed by atoms with Gasteiger partial charge in [0.2, 0.25) is 0 Å². The van der Waals surface area contributed by atoms with E-state index in [1.165, 1.54) is 10.4 Å². The van der Waals surface area contributed by atoms with Crippen LogP contribution in [0, 0.1) is 0 Å². The molecule has 0 aliphatic rings. The van der Waals surface area contributed by atoms with Crippen molar-refractivity contribution in [1.29, 1.82) is 0 Å². The molecule has 0 fully saturated rings. The molecule has 2 rings (SSSR count). The molecule has 3 heteroatoms. The van der Waals surface area contributed by atoms with E-state index in [1.807, 2.05) is 29.6 Å². The fraction of sp³-hybridized carbons (Fsp3) is 0.167. The van der Waals surface area contributed by atoms with Crippen LogP contribution in [0.4, 0.5) is 0 Å². The van der Waals surface area contributed by atoms with Gasteiger partial charge in [0.1, 0.15) is 5.75 Å². The first-order chi connectivity index (χ1) is 7.33. The molecule has 78 valence electrons. The third-order valence-corrected chi connectivity index (χ3v) is 4.45. The van der Waals surface area contributed by atoms with Crippen molar-refractivity contribution in [3.05, 3.63) is 52.2 Å². The third kappa shape index (κ3) is 2.24. The minimum absolute atomic E-state index is 0.216. The van der Waals surface area contributed by atoms with Crippen LogP contribution in [0.1, 0.15) is 15.3 Å². The van der Waals surface area contributed by atoms with E-state index in [0.717, 1.165) is 5.75 Å². The molecule has 0 aliphatic carbocycles. The van der Waals surface area contributed by atoms with Crippen LogP contribution in [-0.2, 0) is 0 Å². The lowest BCUT2D eigenvalue weighted by Crippen LogP contribution is -1.92. The number of methoxy groups -OCH3 is 1. The van der Waals surface area contributed by atoms with E-state index in [2.05, 4.69) is 28.1 Å². The maximum atomic E-state index is 5.31. The Balaban J connectivity index is 2.32. The predicted octanol–water partition coefficient (Wildman–Crippen LogP) is 4.24. The summed E-state index contributed by atoms with van der Waals surface area (Å²) < 4.78 is 5.31. The molecule has 15 heavy (non-hydrogen) atoms. The highest BCUT2D eigenvalue weighted by Gasteiger charge is 2.15. The minimum atomic E-state index is 0.216. The summed E-state index contributed by atoms with van der Waals surface area (Å²) in [5.74, 6) is 0.950. The Morgan fingerprint density at radius 3 is 2.60 bits per heavy atom. The van der Waals surface area contributed by atoms with Gasteiger partial charge in [0, 0.05) is 0 Å². The number of thiophene rings is 1. The number of ether oxygens (including phenoxy) is 1. The summed E-state index contributed by atoms with van der Waals surface area (Å²) in [7, 11) is 1.70. The third-order valence-electron chi connectivity index (χ3n) is 2.20. The fourth-order valence-electron chi connectivity index (χ4n) is 1.44. The molecule has 1 aromatic carbocycles. The second kappa shape index (κ2) is 4.81. The zero-order chi connectivity index (χ0) is 10.7. The molecule has 0 saturated heterocycles. The largest absolute Gasteiger partial charge is 0.496 e. The predicted molar refractivity (Wildman–Crippen MR) is 68.1 cm³/mol. The number of hydrogen-bond acceptors (Lipinski definition) is 2. The minimum Gasteiger partial charge on any atom is -0.496 e. The van der Waals surface area contributed by atoms with Crippen LogP contribution in [0.25, 0.3) is 0 Å². The van der Waals surface area contributed by atoms with Crippen LogP contribution in [0.5, 0.6) is 5.75 Å². The standard InChI is InChI=1S/C12H11BrOS/c1-14-10-7-8-15-12(10)11(13)9-5-3-2-4-6-9/h2-8,11H,1H3. The van der Waals surface area contributed by atoms with Gasteiger partial charge in [0.05, 0.1) is 16.8 Å². The van der Waals surface area contributed by atoms with E-state index >= 15 is 0 Å². The van der Waals surface area contributed by atoms with Gasteiger partial charge in [-0.3, -0.25) is 0 Å². The molecule has 1 atom stereocenters. The molecule has 0 aliphatic heterocycles. The molecular formula is C12H11BrOS.